The molecule has 7 heteroatoms. The summed E-state index contributed by atoms with van der Waals surface area (Å²) in [5.41, 5.74) is 1.46. The number of piperidine rings is 1. The van der Waals surface area contributed by atoms with Crippen LogP contribution in [0.25, 0.3) is 0 Å². The lowest BCUT2D eigenvalue weighted by Gasteiger charge is -2.39. The van der Waals surface area contributed by atoms with E-state index in [1.807, 2.05) is 24.3 Å². The van der Waals surface area contributed by atoms with Crippen LogP contribution in [-0.4, -0.2) is 50.8 Å². The summed E-state index contributed by atoms with van der Waals surface area (Å²) >= 11 is 6.28. The molecule has 1 atom stereocenters. The van der Waals surface area contributed by atoms with Gasteiger partial charge in [-0.25, -0.2) is 12.7 Å². The van der Waals surface area contributed by atoms with Crippen molar-refractivity contribution in [3.63, 3.8) is 0 Å². The van der Waals surface area contributed by atoms with Crippen molar-refractivity contribution in [3.8, 4) is 0 Å². The van der Waals surface area contributed by atoms with Crippen molar-refractivity contribution in [1.29, 1.82) is 0 Å². The number of sulfonamides is 1. The van der Waals surface area contributed by atoms with Crippen LogP contribution >= 0.6 is 24.0 Å². The molecule has 1 saturated heterocycles. The Balaban J connectivity index is 0.00000385. The molecule has 1 aliphatic rings. The average molecular weight is 514 g/mol. The first-order valence-corrected chi connectivity index (χ1v) is 13.4. The van der Waals surface area contributed by atoms with Crippen molar-refractivity contribution in [2.24, 2.45) is 11.3 Å². The molecule has 184 valence electrons. The SMILES string of the molecule is CN(C[C@@H](CCN1CCC(C(C)(C)C)CC1)c1cccc(Cl)c1)S(=O)(=O)c1ccccc1.Cl. The minimum Gasteiger partial charge on any atom is -0.303 e. The van der Waals surface area contributed by atoms with E-state index in [1.54, 1.807) is 31.3 Å². The van der Waals surface area contributed by atoms with E-state index in [4.69, 9.17) is 11.6 Å². The number of likely N-dealkylation sites (N-methyl/N-ethyl adjacent to an activating group) is 1. The van der Waals surface area contributed by atoms with E-state index < -0.39 is 10.0 Å². The third-order valence-corrected chi connectivity index (χ3v) is 8.93. The van der Waals surface area contributed by atoms with Crippen molar-refractivity contribution in [2.75, 3.05) is 33.2 Å². The van der Waals surface area contributed by atoms with Crippen molar-refractivity contribution >= 4 is 34.0 Å². The van der Waals surface area contributed by atoms with Gasteiger partial charge >= 0.3 is 0 Å². The average Bonchev–Trinajstić information content (AvgIpc) is 2.76. The van der Waals surface area contributed by atoms with Gasteiger partial charge in [-0.1, -0.05) is 62.7 Å². The van der Waals surface area contributed by atoms with Crippen LogP contribution in [-0.2, 0) is 10.0 Å². The van der Waals surface area contributed by atoms with Crippen molar-refractivity contribution in [3.05, 3.63) is 65.2 Å². The minimum absolute atomic E-state index is 0. The zero-order valence-electron chi connectivity index (χ0n) is 20.2. The van der Waals surface area contributed by atoms with E-state index in [0.717, 1.165) is 37.5 Å². The van der Waals surface area contributed by atoms with Crippen molar-refractivity contribution < 1.29 is 8.42 Å². The lowest BCUT2D eigenvalue weighted by atomic mass is 9.75. The van der Waals surface area contributed by atoms with Gasteiger partial charge in [-0.15, -0.1) is 12.4 Å². The van der Waals surface area contributed by atoms with Crippen LogP contribution in [0.15, 0.2) is 59.5 Å². The van der Waals surface area contributed by atoms with E-state index in [2.05, 4.69) is 31.7 Å². The zero-order chi connectivity index (χ0) is 23.4. The smallest absolute Gasteiger partial charge is 0.242 e. The minimum atomic E-state index is -3.53. The predicted octanol–water partition coefficient (Wildman–Crippen LogP) is 6.31. The highest BCUT2D eigenvalue weighted by Crippen LogP contribution is 2.35. The predicted molar refractivity (Wildman–Crippen MR) is 141 cm³/mol. The second kappa shape index (κ2) is 12.0. The van der Waals surface area contributed by atoms with E-state index in [0.29, 0.717) is 21.9 Å². The number of nitrogens with zero attached hydrogens (tertiary/aromatic N) is 2. The zero-order valence-corrected chi connectivity index (χ0v) is 22.6. The van der Waals surface area contributed by atoms with Gasteiger partial charge in [0.15, 0.2) is 0 Å². The molecule has 0 bridgehead atoms. The van der Waals surface area contributed by atoms with Gasteiger partial charge in [0.05, 0.1) is 4.90 Å². The number of halogens is 2. The first-order valence-electron chi connectivity index (χ1n) is 11.6. The molecule has 0 aliphatic carbocycles. The second-order valence-electron chi connectivity index (χ2n) is 10.1. The highest BCUT2D eigenvalue weighted by molar-refractivity contribution is 7.89. The van der Waals surface area contributed by atoms with Gasteiger partial charge < -0.3 is 4.90 Å². The van der Waals surface area contributed by atoms with Crippen LogP contribution in [0.2, 0.25) is 5.02 Å². The number of likely N-dealkylation sites (tertiary alicyclic amines) is 1. The Hall–Kier alpha value is -1.11. The summed E-state index contributed by atoms with van der Waals surface area (Å²) in [6, 6.07) is 16.5. The van der Waals surface area contributed by atoms with Gasteiger partial charge in [0, 0.05) is 18.6 Å². The summed E-state index contributed by atoms with van der Waals surface area (Å²) in [4.78, 5) is 2.86. The molecule has 1 aliphatic heterocycles. The van der Waals surface area contributed by atoms with E-state index in [1.165, 1.54) is 17.1 Å². The molecule has 4 nitrogen and oxygen atoms in total. The van der Waals surface area contributed by atoms with Gasteiger partial charge in [-0.2, -0.15) is 0 Å². The van der Waals surface area contributed by atoms with E-state index >= 15 is 0 Å². The maximum Gasteiger partial charge on any atom is 0.242 e. The molecule has 2 aromatic carbocycles. The van der Waals surface area contributed by atoms with Gasteiger partial charge in [0.25, 0.3) is 0 Å². The molecular weight excluding hydrogens is 475 g/mol. The molecule has 0 amide bonds. The van der Waals surface area contributed by atoms with Crippen LogP contribution in [0.5, 0.6) is 0 Å². The van der Waals surface area contributed by atoms with Crippen molar-refractivity contribution in [2.45, 2.75) is 50.8 Å². The molecule has 0 saturated carbocycles. The molecule has 3 rings (SSSR count). The first kappa shape index (κ1) is 28.1. The largest absolute Gasteiger partial charge is 0.303 e. The quantitative estimate of drug-likeness (QED) is 0.415. The van der Waals surface area contributed by atoms with Crippen LogP contribution in [0.1, 0.15) is 51.5 Å². The monoisotopic (exact) mass is 512 g/mol. The topological polar surface area (TPSA) is 40.6 Å². The maximum atomic E-state index is 13.1. The Morgan fingerprint density at radius 3 is 2.27 bits per heavy atom. The third-order valence-electron chi connectivity index (χ3n) is 6.86. The Morgan fingerprint density at radius 1 is 1.06 bits per heavy atom. The fourth-order valence-electron chi connectivity index (χ4n) is 4.67. The molecule has 1 fully saturated rings. The summed E-state index contributed by atoms with van der Waals surface area (Å²) in [5.74, 6) is 0.849. The molecule has 0 unspecified atom stereocenters. The summed E-state index contributed by atoms with van der Waals surface area (Å²) in [5, 5.41) is 0.687. The van der Waals surface area contributed by atoms with E-state index in [-0.39, 0.29) is 18.3 Å². The van der Waals surface area contributed by atoms with Gasteiger partial charge in [-0.05, 0) is 86.0 Å². The Morgan fingerprint density at radius 2 is 1.70 bits per heavy atom. The normalized spacial score (nSPS) is 17.0. The standard InChI is InChI=1S/C26H37ClN2O2S.ClH/c1-26(2,3)23-14-17-29(18-15-23)16-13-22(21-9-8-10-24(27)19-21)20-28(4)32(30,31)25-11-6-5-7-12-25;/h5-12,19,22-23H,13-18,20H2,1-4H3;1H/t22-;/m1./s1. The van der Waals surface area contributed by atoms with Crippen LogP contribution in [0.3, 0.4) is 0 Å². The van der Waals surface area contributed by atoms with Crippen LogP contribution in [0, 0.1) is 11.3 Å². The number of benzene rings is 2. The third kappa shape index (κ3) is 7.69. The molecule has 0 radical (unpaired) electrons. The highest BCUT2D eigenvalue weighted by atomic mass is 35.5. The molecule has 0 aromatic heterocycles. The number of hydrogen-bond acceptors (Lipinski definition) is 3. The van der Waals surface area contributed by atoms with Crippen LogP contribution < -0.4 is 0 Å². The van der Waals surface area contributed by atoms with Gasteiger partial charge in [0.1, 0.15) is 0 Å². The van der Waals surface area contributed by atoms with Crippen LogP contribution in [0.4, 0.5) is 0 Å². The molecule has 0 spiro atoms. The lowest BCUT2D eigenvalue weighted by molar-refractivity contribution is 0.110. The Kier molecular flexibility index (Phi) is 10.3. The fraction of sp³-hybridized carbons (Fsp3) is 0.538. The number of rotatable bonds is 8. The lowest BCUT2D eigenvalue weighted by Crippen LogP contribution is -2.39. The fourth-order valence-corrected chi connectivity index (χ4v) is 6.10. The van der Waals surface area contributed by atoms with Crippen molar-refractivity contribution in [1.82, 2.24) is 9.21 Å². The molecule has 0 N–H and O–H groups in total. The first-order chi connectivity index (χ1) is 15.1. The molecule has 33 heavy (non-hydrogen) atoms. The number of hydrogen-bond donors (Lipinski definition) is 0. The highest BCUT2D eigenvalue weighted by Gasteiger charge is 2.29. The molecule has 2 aromatic rings. The Labute approximate surface area is 211 Å². The molecular formula is C26H38Cl2N2O2S. The van der Waals surface area contributed by atoms with Gasteiger partial charge in [-0.3, -0.25) is 0 Å². The summed E-state index contributed by atoms with van der Waals surface area (Å²) < 4.78 is 27.7. The summed E-state index contributed by atoms with van der Waals surface area (Å²) in [7, 11) is -1.86. The van der Waals surface area contributed by atoms with Gasteiger partial charge in [0.2, 0.25) is 10.0 Å². The second-order valence-corrected chi connectivity index (χ2v) is 12.6. The molecule has 1 heterocycles. The summed E-state index contributed by atoms with van der Waals surface area (Å²) in [6.07, 6.45) is 3.36. The summed E-state index contributed by atoms with van der Waals surface area (Å²) in [6.45, 7) is 10.6. The van der Waals surface area contributed by atoms with E-state index in [9.17, 15) is 8.42 Å². The maximum absolute atomic E-state index is 13.1. The Bertz CT molecular complexity index is 969.